The summed E-state index contributed by atoms with van der Waals surface area (Å²) in [4.78, 5) is 26.9. The zero-order valence-electron chi connectivity index (χ0n) is 10.2. The lowest BCUT2D eigenvalue weighted by Crippen LogP contribution is -2.19. The summed E-state index contributed by atoms with van der Waals surface area (Å²) in [5, 5.41) is 4.75. The first kappa shape index (κ1) is 12.7. The van der Waals surface area contributed by atoms with E-state index in [-0.39, 0.29) is 24.1 Å². The summed E-state index contributed by atoms with van der Waals surface area (Å²) in [6.45, 7) is 0. The standard InChI is InChI=1S/C14H9FN2O2S/c15-10-3-1-8(2-4-10)14-16-11(7-20-14)5-9-6-12(18)17-13(9)19/h1-5,7H,6H2,(H,17,18,19). The summed E-state index contributed by atoms with van der Waals surface area (Å²) < 4.78 is 12.9. The Morgan fingerprint density at radius 3 is 2.65 bits per heavy atom. The minimum absolute atomic E-state index is 0.0856. The number of aromatic nitrogens is 1. The van der Waals surface area contributed by atoms with Crippen molar-refractivity contribution in [2.45, 2.75) is 6.42 Å². The van der Waals surface area contributed by atoms with Crippen LogP contribution >= 0.6 is 11.3 Å². The Hall–Kier alpha value is -2.34. The van der Waals surface area contributed by atoms with Crippen molar-refractivity contribution in [3.63, 3.8) is 0 Å². The molecule has 1 aliphatic heterocycles. The van der Waals surface area contributed by atoms with Crippen molar-refractivity contribution < 1.29 is 14.0 Å². The first-order valence-corrected chi connectivity index (χ1v) is 6.76. The number of hydrogen-bond acceptors (Lipinski definition) is 4. The van der Waals surface area contributed by atoms with Gasteiger partial charge in [0.1, 0.15) is 10.8 Å². The molecule has 6 heteroatoms. The van der Waals surface area contributed by atoms with E-state index < -0.39 is 0 Å². The molecule has 0 saturated carbocycles. The molecule has 0 atom stereocenters. The van der Waals surface area contributed by atoms with Crippen LogP contribution in [0.15, 0.2) is 35.2 Å². The third kappa shape index (κ3) is 2.50. The zero-order chi connectivity index (χ0) is 14.1. The van der Waals surface area contributed by atoms with Crippen LogP contribution in [0.3, 0.4) is 0 Å². The summed E-state index contributed by atoms with van der Waals surface area (Å²) in [5.74, 6) is -0.963. The molecule has 2 aromatic rings. The Labute approximate surface area is 118 Å². The van der Waals surface area contributed by atoms with Gasteiger partial charge in [0.2, 0.25) is 5.91 Å². The maximum absolute atomic E-state index is 12.9. The fourth-order valence-corrected chi connectivity index (χ4v) is 2.66. The van der Waals surface area contributed by atoms with Gasteiger partial charge in [-0.2, -0.15) is 0 Å². The summed E-state index contributed by atoms with van der Waals surface area (Å²) >= 11 is 1.40. The van der Waals surface area contributed by atoms with Gasteiger partial charge < -0.3 is 0 Å². The van der Waals surface area contributed by atoms with Crippen molar-refractivity contribution in [1.82, 2.24) is 10.3 Å². The average molecular weight is 288 g/mol. The Morgan fingerprint density at radius 1 is 1.25 bits per heavy atom. The fraction of sp³-hybridized carbons (Fsp3) is 0.0714. The molecule has 1 saturated heterocycles. The molecule has 20 heavy (non-hydrogen) atoms. The summed E-state index contributed by atoms with van der Waals surface area (Å²) in [5.41, 5.74) is 1.84. The molecular formula is C14H9FN2O2S. The van der Waals surface area contributed by atoms with Gasteiger partial charge in [-0.15, -0.1) is 11.3 Å². The van der Waals surface area contributed by atoms with E-state index in [0.29, 0.717) is 11.3 Å². The van der Waals surface area contributed by atoms with E-state index in [4.69, 9.17) is 0 Å². The van der Waals surface area contributed by atoms with Gasteiger partial charge in [0.05, 0.1) is 12.1 Å². The smallest absolute Gasteiger partial charge is 0.254 e. The average Bonchev–Trinajstić information content (AvgIpc) is 2.98. The van der Waals surface area contributed by atoms with E-state index >= 15 is 0 Å². The lowest BCUT2D eigenvalue weighted by Gasteiger charge is -1.95. The molecule has 1 aromatic heterocycles. The predicted molar refractivity (Wildman–Crippen MR) is 73.3 cm³/mol. The molecule has 1 aliphatic rings. The van der Waals surface area contributed by atoms with Gasteiger partial charge in [-0.1, -0.05) is 0 Å². The van der Waals surface area contributed by atoms with Crippen molar-refractivity contribution in [2.75, 3.05) is 0 Å². The highest BCUT2D eigenvalue weighted by molar-refractivity contribution is 7.13. The van der Waals surface area contributed by atoms with Crippen LogP contribution in [0.5, 0.6) is 0 Å². The predicted octanol–water partition coefficient (Wildman–Crippen LogP) is 2.38. The Morgan fingerprint density at radius 2 is 2.00 bits per heavy atom. The molecule has 0 unspecified atom stereocenters. The lowest BCUT2D eigenvalue weighted by atomic mass is 10.2. The number of thiazole rings is 1. The molecule has 1 fully saturated rings. The van der Waals surface area contributed by atoms with Crippen LogP contribution in [0, 0.1) is 5.82 Å². The Balaban J connectivity index is 1.87. The van der Waals surface area contributed by atoms with E-state index in [2.05, 4.69) is 10.3 Å². The van der Waals surface area contributed by atoms with Crippen LogP contribution in [-0.4, -0.2) is 16.8 Å². The summed E-state index contributed by atoms with van der Waals surface area (Å²) in [6.07, 6.45) is 1.69. The molecule has 1 aromatic carbocycles. The van der Waals surface area contributed by atoms with Gasteiger partial charge in [0.15, 0.2) is 0 Å². The number of carbonyl (C=O) groups excluding carboxylic acids is 2. The number of nitrogens with one attached hydrogen (secondary N) is 1. The SMILES string of the molecule is O=C1CC(=Cc2csc(-c3ccc(F)cc3)n2)C(=O)N1. The maximum Gasteiger partial charge on any atom is 0.254 e. The first-order chi connectivity index (χ1) is 9.61. The first-order valence-electron chi connectivity index (χ1n) is 5.88. The highest BCUT2D eigenvalue weighted by Gasteiger charge is 2.23. The number of carbonyl (C=O) groups is 2. The van der Waals surface area contributed by atoms with Crippen molar-refractivity contribution in [3.8, 4) is 10.6 Å². The zero-order valence-corrected chi connectivity index (χ0v) is 11.0. The Bertz CT molecular complexity index is 719. The van der Waals surface area contributed by atoms with Gasteiger partial charge >= 0.3 is 0 Å². The number of benzene rings is 1. The second-order valence-corrected chi connectivity index (χ2v) is 5.17. The third-order valence-corrected chi connectivity index (χ3v) is 3.74. The van der Waals surface area contributed by atoms with E-state index in [1.54, 1.807) is 23.6 Å². The number of imide groups is 1. The molecule has 100 valence electrons. The van der Waals surface area contributed by atoms with Crippen LogP contribution in [-0.2, 0) is 9.59 Å². The monoisotopic (exact) mass is 288 g/mol. The molecular weight excluding hydrogens is 279 g/mol. The second kappa shape index (κ2) is 4.97. The summed E-state index contributed by atoms with van der Waals surface area (Å²) in [6, 6.07) is 6.05. The minimum Gasteiger partial charge on any atom is -0.292 e. The molecule has 3 rings (SSSR count). The maximum atomic E-state index is 12.9. The second-order valence-electron chi connectivity index (χ2n) is 4.31. The topological polar surface area (TPSA) is 59.1 Å². The van der Waals surface area contributed by atoms with Crippen LogP contribution < -0.4 is 5.32 Å². The van der Waals surface area contributed by atoms with Crippen LogP contribution in [0.2, 0.25) is 0 Å². The fourth-order valence-electron chi connectivity index (χ4n) is 1.88. The normalized spacial score (nSPS) is 16.8. The highest BCUT2D eigenvalue weighted by atomic mass is 32.1. The van der Waals surface area contributed by atoms with E-state index in [1.807, 2.05) is 0 Å². The van der Waals surface area contributed by atoms with Crippen LogP contribution in [0.1, 0.15) is 12.1 Å². The Kier molecular flexibility index (Phi) is 3.15. The molecule has 0 bridgehead atoms. The van der Waals surface area contributed by atoms with Crippen molar-refractivity contribution in [1.29, 1.82) is 0 Å². The molecule has 2 amide bonds. The number of halogens is 1. The van der Waals surface area contributed by atoms with Gasteiger partial charge in [-0.3, -0.25) is 14.9 Å². The number of hydrogen-bond donors (Lipinski definition) is 1. The molecule has 4 nitrogen and oxygen atoms in total. The van der Waals surface area contributed by atoms with Crippen LogP contribution in [0.4, 0.5) is 4.39 Å². The van der Waals surface area contributed by atoms with Crippen molar-refractivity contribution >= 4 is 29.2 Å². The van der Waals surface area contributed by atoms with Gasteiger partial charge in [0.25, 0.3) is 5.91 Å². The van der Waals surface area contributed by atoms with E-state index in [0.717, 1.165) is 10.6 Å². The molecule has 0 spiro atoms. The van der Waals surface area contributed by atoms with Crippen LogP contribution in [0.25, 0.3) is 16.6 Å². The van der Waals surface area contributed by atoms with Gasteiger partial charge in [-0.05, 0) is 30.3 Å². The number of amides is 2. The summed E-state index contributed by atoms with van der Waals surface area (Å²) in [7, 11) is 0. The highest BCUT2D eigenvalue weighted by Crippen LogP contribution is 2.25. The number of nitrogens with zero attached hydrogens (tertiary/aromatic N) is 1. The van der Waals surface area contributed by atoms with Gasteiger partial charge in [0, 0.05) is 16.5 Å². The minimum atomic E-state index is -0.369. The third-order valence-electron chi connectivity index (χ3n) is 2.83. The van der Waals surface area contributed by atoms with Gasteiger partial charge in [-0.25, -0.2) is 9.37 Å². The molecule has 0 radical (unpaired) electrons. The molecule has 0 aliphatic carbocycles. The van der Waals surface area contributed by atoms with Crippen molar-refractivity contribution in [3.05, 3.63) is 46.7 Å². The van der Waals surface area contributed by atoms with E-state index in [1.165, 1.54) is 23.5 Å². The largest absolute Gasteiger partial charge is 0.292 e. The quantitative estimate of drug-likeness (QED) is 0.682. The van der Waals surface area contributed by atoms with E-state index in [9.17, 15) is 14.0 Å². The molecule has 1 N–H and O–H groups in total. The van der Waals surface area contributed by atoms with Crippen molar-refractivity contribution in [2.24, 2.45) is 0 Å². The molecule has 2 heterocycles. The lowest BCUT2D eigenvalue weighted by molar-refractivity contribution is -0.124. The number of rotatable bonds is 2.